The molecule has 1 rings (SSSR count). The third-order valence-corrected chi connectivity index (χ3v) is 7.18. The van der Waals surface area contributed by atoms with E-state index in [1.54, 1.807) is 0 Å². The van der Waals surface area contributed by atoms with Crippen LogP contribution in [0.2, 0.25) is 0 Å². The van der Waals surface area contributed by atoms with Crippen LogP contribution in [0.5, 0.6) is 0 Å². The maximum absolute atomic E-state index is 13.9. The Morgan fingerprint density at radius 2 is 0.944 bits per heavy atom. The molecule has 0 aromatic carbocycles. The Balaban J connectivity index is 3.57. The Bertz CT molecular complexity index is 751. The standard InChI is InChI=1S/C19H21F15O2/c1-4-12(2,15(20,21)22)11(35)36-14(18(29,30)31,19(32,33)34)10-7-5-9(6-8-10)13(3,16(23,24)25)17(26,27)28/h9-10H,4-8H2,1-3H3. The van der Waals surface area contributed by atoms with E-state index in [2.05, 4.69) is 4.74 Å². The van der Waals surface area contributed by atoms with Crippen molar-refractivity contribution >= 4 is 5.97 Å². The summed E-state index contributed by atoms with van der Waals surface area (Å²) in [6, 6.07) is 0. The molecule has 1 atom stereocenters. The first-order chi connectivity index (χ1) is 15.6. The summed E-state index contributed by atoms with van der Waals surface area (Å²) < 4.78 is 206. The van der Waals surface area contributed by atoms with E-state index >= 15 is 0 Å². The Morgan fingerprint density at radius 3 is 1.19 bits per heavy atom. The summed E-state index contributed by atoms with van der Waals surface area (Å²) in [5, 5.41) is 0. The number of ether oxygens (including phenoxy) is 1. The molecule has 0 aromatic rings. The molecule has 1 unspecified atom stereocenters. The third kappa shape index (κ3) is 5.07. The molecule has 1 aliphatic carbocycles. The second-order valence-corrected chi connectivity index (χ2v) is 9.05. The molecule has 0 radical (unpaired) electrons. The predicted molar refractivity (Wildman–Crippen MR) is 91.1 cm³/mol. The first-order valence-corrected chi connectivity index (χ1v) is 10.2. The van der Waals surface area contributed by atoms with Crippen LogP contribution in [0.15, 0.2) is 0 Å². The Kier molecular flexibility index (Phi) is 8.39. The molecular formula is C19H21F15O2. The van der Waals surface area contributed by atoms with E-state index in [9.17, 15) is 70.7 Å². The monoisotopic (exact) mass is 566 g/mol. The average molecular weight is 566 g/mol. The van der Waals surface area contributed by atoms with Gasteiger partial charge in [0.25, 0.3) is 0 Å². The lowest BCUT2D eigenvalue weighted by molar-refractivity contribution is -0.395. The van der Waals surface area contributed by atoms with Crippen molar-refractivity contribution in [1.29, 1.82) is 0 Å². The van der Waals surface area contributed by atoms with Gasteiger partial charge in [0.2, 0.25) is 0 Å². The second kappa shape index (κ2) is 9.31. The normalized spacial score (nSPS) is 23.3. The number of alkyl halides is 15. The minimum Gasteiger partial charge on any atom is -0.438 e. The van der Waals surface area contributed by atoms with Crippen LogP contribution < -0.4 is 0 Å². The lowest BCUT2D eigenvalue weighted by atomic mass is 9.63. The molecule has 0 aromatic heterocycles. The van der Waals surface area contributed by atoms with E-state index < -0.39 is 97.2 Å². The van der Waals surface area contributed by atoms with Crippen molar-refractivity contribution in [3.8, 4) is 0 Å². The highest BCUT2D eigenvalue weighted by Crippen LogP contribution is 2.61. The summed E-state index contributed by atoms with van der Waals surface area (Å²) in [5.74, 6) is -8.44. The zero-order chi connectivity index (χ0) is 29.0. The maximum atomic E-state index is 13.9. The van der Waals surface area contributed by atoms with Crippen molar-refractivity contribution in [3.05, 3.63) is 0 Å². The molecule has 17 heteroatoms. The van der Waals surface area contributed by atoms with Crippen LogP contribution in [0.25, 0.3) is 0 Å². The van der Waals surface area contributed by atoms with E-state index in [-0.39, 0.29) is 13.8 Å². The average Bonchev–Trinajstić information content (AvgIpc) is 2.66. The van der Waals surface area contributed by atoms with E-state index in [0.29, 0.717) is 6.92 Å². The van der Waals surface area contributed by atoms with Gasteiger partial charge >= 0.3 is 42.5 Å². The van der Waals surface area contributed by atoms with Gasteiger partial charge < -0.3 is 4.74 Å². The van der Waals surface area contributed by atoms with Gasteiger partial charge in [-0.25, -0.2) is 0 Å². The molecule has 0 spiro atoms. The smallest absolute Gasteiger partial charge is 0.437 e. The lowest BCUT2D eigenvalue weighted by Gasteiger charge is -2.48. The topological polar surface area (TPSA) is 26.3 Å². The fourth-order valence-corrected chi connectivity index (χ4v) is 4.24. The minimum absolute atomic E-state index is 0.00183. The summed E-state index contributed by atoms with van der Waals surface area (Å²) in [4.78, 5) is 12.1. The first-order valence-electron chi connectivity index (χ1n) is 10.2. The fourth-order valence-electron chi connectivity index (χ4n) is 4.24. The second-order valence-electron chi connectivity index (χ2n) is 9.05. The Morgan fingerprint density at radius 1 is 0.611 bits per heavy atom. The first kappa shape index (κ1) is 32.4. The molecule has 36 heavy (non-hydrogen) atoms. The summed E-state index contributed by atoms with van der Waals surface area (Å²) in [6.45, 7) is 0.356. The summed E-state index contributed by atoms with van der Waals surface area (Å²) in [6.07, 6.45) is -38.3. The van der Waals surface area contributed by atoms with Crippen LogP contribution in [0.3, 0.4) is 0 Å². The van der Waals surface area contributed by atoms with Crippen molar-refractivity contribution in [2.45, 2.75) is 89.4 Å². The highest BCUT2D eigenvalue weighted by atomic mass is 19.4. The van der Waals surface area contributed by atoms with Crippen LogP contribution in [-0.2, 0) is 9.53 Å². The quantitative estimate of drug-likeness (QED) is 0.247. The van der Waals surface area contributed by atoms with Gasteiger partial charge in [-0.1, -0.05) is 6.92 Å². The molecule has 1 fully saturated rings. The van der Waals surface area contributed by atoms with Gasteiger partial charge in [0.15, 0.2) is 10.8 Å². The molecule has 214 valence electrons. The molecule has 0 bridgehead atoms. The Hall–Kier alpha value is -1.58. The van der Waals surface area contributed by atoms with Crippen molar-refractivity contribution in [3.63, 3.8) is 0 Å². The third-order valence-electron chi connectivity index (χ3n) is 7.18. The minimum atomic E-state index is -6.62. The number of hydrogen-bond acceptors (Lipinski definition) is 2. The predicted octanol–water partition coefficient (Wildman–Crippen LogP) is 8.31. The fraction of sp³-hybridized carbons (Fsp3) is 0.947. The summed E-state index contributed by atoms with van der Waals surface area (Å²) in [5.41, 5.74) is -13.9. The zero-order valence-corrected chi connectivity index (χ0v) is 18.7. The van der Waals surface area contributed by atoms with Gasteiger partial charge in [-0.2, -0.15) is 65.9 Å². The molecule has 0 saturated heterocycles. The SMILES string of the molecule is CCC(C)(C(=O)OC(C1CCC(C(C)(C(F)(F)F)C(F)(F)F)CC1)(C(F)(F)F)C(F)(F)F)C(F)(F)F. The van der Waals surface area contributed by atoms with Gasteiger partial charge in [-0.15, -0.1) is 0 Å². The number of esters is 1. The van der Waals surface area contributed by atoms with E-state index in [1.165, 1.54) is 0 Å². The van der Waals surface area contributed by atoms with E-state index in [0.717, 1.165) is 0 Å². The van der Waals surface area contributed by atoms with E-state index in [1.807, 2.05) is 0 Å². The van der Waals surface area contributed by atoms with Crippen molar-refractivity contribution < 1.29 is 75.4 Å². The molecular weight excluding hydrogens is 545 g/mol. The Labute approximate surface area is 194 Å². The molecule has 0 aliphatic heterocycles. The van der Waals surface area contributed by atoms with Crippen molar-refractivity contribution in [1.82, 2.24) is 0 Å². The number of carbonyl (C=O) groups excluding carboxylic acids is 1. The van der Waals surface area contributed by atoms with Crippen LogP contribution in [0.4, 0.5) is 65.9 Å². The van der Waals surface area contributed by atoms with Gasteiger partial charge in [0.1, 0.15) is 0 Å². The van der Waals surface area contributed by atoms with Gasteiger partial charge in [0, 0.05) is 5.92 Å². The largest absolute Gasteiger partial charge is 0.438 e. The van der Waals surface area contributed by atoms with Crippen LogP contribution in [0, 0.1) is 22.7 Å². The summed E-state index contributed by atoms with van der Waals surface area (Å²) >= 11 is 0. The number of hydrogen-bond donors (Lipinski definition) is 0. The maximum Gasteiger partial charge on any atom is 0.437 e. The molecule has 1 saturated carbocycles. The lowest BCUT2D eigenvalue weighted by Crippen LogP contribution is -2.66. The van der Waals surface area contributed by atoms with Crippen LogP contribution >= 0.6 is 0 Å². The van der Waals surface area contributed by atoms with Gasteiger partial charge in [-0.05, 0) is 51.9 Å². The van der Waals surface area contributed by atoms with Crippen LogP contribution in [-0.4, -0.2) is 42.5 Å². The molecule has 0 heterocycles. The summed E-state index contributed by atoms with van der Waals surface area (Å²) in [7, 11) is 0. The highest BCUT2D eigenvalue weighted by Gasteiger charge is 2.79. The van der Waals surface area contributed by atoms with E-state index in [4.69, 9.17) is 0 Å². The molecule has 1 aliphatic rings. The van der Waals surface area contributed by atoms with Gasteiger partial charge in [-0.3, -0.25) is 4.79 Å². The van der Waals surface area contributed by atoms with Crippen molar-refractivity contribution in [2.75, 3.05) is 0 Å². The molecule has 0 amide bonds. The van der Waals surface area contributed by atoms with Crippen molar-refractivity contribution in [2.24, 2.45) is 22.7 Å². The van der Waals surface area contributed by atoms with Gasteiger partial charge in [0.05, 0.1) is 0 Å². The number of carbonyl (C=O) groups is 1. The molecule has 0 N–H and O–H groups in total. The number of halogens is 15. The highest BCUT2D eigenvalue weighted by molar-refractivity contribution is 5.78. The zero-order valence-electron chi connectivity index (χ0n) is 18.7. The number of rotatable bonds is 5. The van der Waals surface area contributed by atoms with Crippen LogP contribution in [0.1, 0.15) is 52.9 Å². The molecule has 2 nitrogen and oxygen atoms in total.